The van der Waals surface area contributed by atoms with Gasteiger partial charge in [0.2, 0.25) is 0 Å². The molecule has 1 aliphatic heterocycles. The van der Waals surface area contributed by atoms with Gasteiger partial charge in [-0.25, -0.2) is 4.79 Å². The van der Waals surface area contributed by atoms with E-state index in [2.05, 4.69) is 15.9 Å². The molecule has 0 amide bonds. The van der Waals surface area contributed by atoms with Gasteiger partial charge in [-0.15, -0.1) is 0 Å². The number of anilines is 1. The fourth-order valence-electron chi connectivity index (χ4n) is 1.94. The van der Waals surface area contributed by atoms with Gasteiger partial charge in [-0.3, -0.25) is 0 Å². The van der Waals surface area contributed by atoms with Crippen molar-refractivity contribution in [2.24, 2.45) is 0 Å². The minimum atomic E-state index is -0.462. The van der Waals surface area contributed by atoms with Crippen LogP contribution in [-0.4, -0.2) is 30.2 Å². The van der Waals surface area contributed by atoms with Gasteiger partial charge in [0, 0.05) is 4.47 Å². The second-order valence-corrected chi connectivity index (χ2v) is 5.48. The molecule has 0 aromatic heterocycles. The van der Waals surface area contributed by atoms with Crippen LogP contribution < -0.4 is 9.64 Å². The Morgan fingerprint density at radius 1 is 1.63 bits per heavy atom. The molecule has 2 rings (SSSR count). The molecule has 6 heteroatoms. The summed E-state index contributed by atoms with van der Waals surface area (Å²) >= 11 is 8.69. The molecular weight excluding hydrogens is 330 g/mol. The van der Waals surface area contributed by atoms with Crippen LogP contribution in [0.1, 0.15) is 13.8 Å². The molecule has 1 aliphatic rings. The maximum atomic E-state index is 11.9. The normalized spacial score (nSPS) is 15.5. The van der Waals surface area contributed by atoms with Crippen molar-refractivity contribution in [3.8, 4) is 5.75 Å². The van der Waals surface area contributed by atoms with Gasteiger partial charge < -0.3 is 14.4 Å². The second-order valence-electron chi connectivity index (χ2n) is 4.09. The van der Waals surface area contributed by atoms with E-state index in [0.717, 1.165) is 10.2 Å². The number of halogens is 1. The van der Waals surface area contributed by atoms with Gasteiger partial charge in [0.25, 0.3) is 0 Å². The van der Waals surface area contributed by atoms with Crippen molar-refractivity contribution >= 4 is 44.8 Å². The summed E-state index contributed by atoms with van der Waals surface area (Å²) in [6.07, 6.45) is 0. The van der Waals surface area contributed by atoms with Crippen molar-refractivity contribution in [1.82, 2.24) is 0 Å². The van der Waals surface area contributed by atoms with Crippen molar-refractivity contribution < 1.29 is 14.3 Å². The summed E-state index contributed by atoms with van der Waals surface area (Å²) in [4.78, 5) is 14.3. The number of hydrogen-bond acceptors (Lipinski definition) is 4. The lowest BCUT2D eigenvalue weighted by molar-refractivity contribution is -0.144. The molecule has 1 heterocycles. The van der Waals surface area contributed by atoms with E-state index in [0.29, 0.717) is 24.0 Å². The fraction of sp³-hybridized carbons (Fsp3) is 0.385. The lowest BCUT2D eigenvalue weighted by atomic mass is 10.2. The van der Waals surface area contributed by atoms with Crippen LogP contribution in [-0.2, 0) is 9.53 Å². The summed E-state index contributed by atoms with van der Waals surface area (Å²) in [5, 5.41) is 0. The molecular formula is C13H14BrNO3S. The first-order chi connectivity index (χ1) is 9.04. The quantitative estimate of drug-likeness (QED) is 0.623. The molecule has 1 aromatic carbocycles. The SMILES string of the molecule is CCOC(=O)[C@@H](C)N1C(=S)COc2cc(Br)ccc21. The van der Waals surface area contributed by atoms with E-state index in [-0.39, 0.29) is 5.97 Å². The van der Waals surface area contributed by atoms with Gasteiger partial charge in [-0.2, -0.15) is 0 Å². The number of hydrogen-bond donors (Lipinski definition) is 0. The smallest absolute Gasteiger partial charge is 0.328 e. The summed E-state index contributed by atoms with van der Waals surface area (Å²) < 4.78 is 11.5. The Balaban J connectivity index is 2.35. The van der Waals surface area contributed by atoms with E-state index in [1.54, 1.807) is 18.7 Å². The van der Waals surface area contributed by atoms with Crippen LogP contribution in [0.4, 0.5) is 5.69 Å². The Labute approximate surface area is 125 Å². The van der Waals surface area contributed by atoms with E-state index in [1.165, 1.54) is 0 Å². The molecule has 1 atom stereocenters. The zero-order valence-electron chi connectivity index (χ0n) is 10.7. The number of thiocarbonyl (C=S) groups is 1. The largest absolute Gasteiger partial charge is 0.484 e. The molecule has 19 heavy (non-hydrogen) atoms. The molecule has 0 spiro atoms. The van der Waals surface area contributed by atoms with Crippen LogP contribution in [0.2, 0.25) is 0 Å². The van der Waals surface area contributed by atoms with Crippen molar-refractivity contribution in [3.63, 3.8) is 0 Å². The molecule has 4 nitrogen and oxygen atoms in total. The van der Waals surface area contributed by atoms with E-state index in [9.17, 15) is 4.79 Å². The Hall–Kier alpha value is -1.14. The maximum Gasteiger partial charge on any atom is 0.328 e. The minimum Gasteiger partial charge on any atom is -0.484 e. The molecule has 0 N–H and O–H groups in total. The third-order valence-electron chi connectivity index (χ3n) is 2.82. The zero-order chi connectivity index (χ0) is 14.0. The van der Waals surface area contributed by atoms with Crippen LogP contribution in [0.25, 0.3) is 0 Å². The minimum absolute atomic E-state index is 0.291. The van der Waals surface area contributed by atoms with E-state index >= 15 is 0 Å². The van der Waals surface area contributed by atoms with Crippen molar-refractivity contribution in [2.75, 3.05) is 18.1 Å². The summed E-state index contributed by atoms with van der Waals surface area (Å²) in [7, 11) is 0. The Morgan fingerprint density at radius 3 is 3.05 bits per heavy atom. The number of carbonyl (C=O) groups excluding carboxylic acids is 1. The molecule has 0 saturated carbocycles. The van der Waals surface area contributed by atoms with Crippen molar-refractivity contribution in [2.45, 2.75) is 19.9 Å². The Morgan fingerprint density at radius 2 is 2.37 bits per heavy atom. The lowest BCUT2D eigenvalue weighted by Gasteiger charge is -2.35. The first-order valence-corrected chi connectivity index (χ1v) is 7.15. The maximum absolute atomic E-state index is 11.9. The summed E-state index contributed by atoms with van der Waals surface area (Å²) in [5.41, 5.74) is 0.792. The highest BCUT2D eigenvalue weighted by Crippen LogP contribution is 2.36. The van der Waals surface area contributed by atoms with E-state index in [4.69, 9.17) is 21.7 Å². The predicted octanol–water partition coefficient (Wildman–Crippen LogP) is 2.93. The van der Waals surface area contributed by atoms with E-state index < -0.39 is 6.04 Å². The van der Waals surface area contributed by atoms with Gasteiger partial charge in [0.05, 0.1) is 12.3 Å². The predicted molar refractivity (Wildman–Crippen MR) is 80.8 cm³/mol. The third kappa shape index (κ3) is 2.90. The zero-order valence-corrected chi connectivity index (χ0v) is 13.1. The molecule has 0 unspecified atom stereocenters. The molecule has 0 bridgehead atoms. The average molecular weight is 344 g/mol. The summed E-state index contributed by atoms with van der Waals surface area (Å²) in [6, 6.07) is 5.17. The number of esters is 1. The first kappa shape index (κ1) is 14.3. The van der Waals surface area contributed by atoms with Crippen LogP contribution >= 0.6 is 28.1 Å². The first-order valence-electron chi connectivity index (χ1n) is 5.95. The standard InChI is InChI=1S/C13H14BrNO3S/c1-3-17-13(16)8(2)15-10-5-4-9(14)6-11(10)18-7-12(15)19/h4-6,8H,3,7H2,1-2H3/t8-/m1/s1. The number of nitrogens with zero attached hydrogens (tertiary/aromatic N) is 1. The molecule has 0 radical (unpaired) electrons. The summed E-state index contributed by atoms with van der Waals surface area (Å²) in [6.45, 7) is 4.21. The van der Waals surface area contributed by atoms with Gasteiger partial charge in [-0.1, -0.05) is 28.1 Å². The number of ether oxygens (including phenoxy) is 2. The van der Waals surface area contributed by atoms with Crippen LogP contribution in [0.5, 0.6) is 5.75 Å². The summed E-state index contributed by atoms with van der Waals surface area (Å²) in [5.74, 6) is 0.416. The highest BCUT2D eigenvalue weighted by Gasteiger charge is 2.31. The fourth-order valence-corrected chi connectivity index (χ4v) is 2.59. The second kappa shape index (κ2) is 5.88. The van der Waals surface area contributed by atoms with Gasteiger partial charge in [0.1, 0.15) is 23.4 Å². The average Bonchev–Trinajstić information content (AvgIpc) is 2.38. The van der Waals surface area contributed by atoms with Crippen LogP contribution in [0, 0.1) is 0 Å². The molecule has 0 fully saturated rings. The van der Waals surface area contributed by atoms with Gasteiger partial charge in [-0.05, 0) is 32.0 Å². The Kier molecular flexibility index (Phi) is 4.42. The topological polar surface area (TPSA) is 38.8 Å². The van der Waals surface area contributed by atoms with E-state index in [1.807, 2.05) is 18.2 Å². The van der Waals surface area contributed by atoms with Gasteiger partial charge in [0.15, 0.2) is 0 Å². The van der Waals surface area contributed by atoms with Crippen LogP contribution in [0.3, 0.4) is 0 Å². The number of benzene rings is 1. The Bertz CT molecular complexity index is 521. The number of fused-ring (bicyclic) bond motifs is 1. The number of carbonyl (C=O) groups is 1. The number of rotatable bonds is 3. The monoisotopic (exact) mass is 343 g/mol. The molecule has 102 valence electrons. The van der Waals surface area contributed by atoms with Crippen molar-refractivity contribution in [3.05, 3.63) is 22.7 Å². The van der Waals surface area contributed by atoms with Crippen molar-refractivity contribution in [1.29, 1.82) is 0 Å². The lowest BCUT2D eigenvalue weighted by Crippen LogP contribution is -2.47. The van der Waals surface area contributed by atoms with Gasteiger partial charge >= 0.3 is 5.97 Å². The highest BCUT2D eigenvalue weighted by molar-refractivity contribution is 9.10. The van der Waals surface area contributed by atoms with Crippen LogP contribution in [0.15, 0.2) is 22.7 Å². The highest BCUT2D eigenvalue weighted by atomic mass is 79.9. The molecule has 1 aromatic rings. The molecule has 0 aliphatic carbocycles. The molecule has 0 saturated heterocycles. The third-order valence-corrected chi connectivity index (χ3v) is 3.62.